The molecule has 31 heavy (non-hydrogen) atoms. The van der Waals surface area contributed by atoms with Crippen LogP contribution in [-0.4, -0.2) is 30.5 Å². The van der Waals surface area contributed by atoms with Crippen molar-refractivity contribution in [3.8, 4) is 5.75 Å². The summed E-state index contributed by atoms with van der Waals surface area (Å²) in [6.07, 6.45) is -4.84. The number of benzene rings is 2. The van der Waals surface area contributed by atoms with Crippen molar-refractivity contribution >= 4 is 34.8 Å². The molecule has 3 N–H and O–H groups in total. The van der Waals surface area contributed by atoms with Crippen LogP contribution in [0.25, 0.3) is 0 Å². The Morgan fingerprint density at radius 3 is 2.26 bits per heavy atom. The molecule has 0 saturated carbocycles. The number of halogens is 3. The maximum Gasteiger partial charge on any atom is 0.416 e. The van der Waals surface area contributed by atoms with E-state index in [0.717, 1.165) is 12.1 Å². The van der Waals surface area contributed by atoms with E-state index in [9.17, 15) is 27.6 Å². The number of ether oxygens (including phenoxy) is 1. The lowest BCUT2D eigenvalue weighted by Crippen LogP contribution is -2.33. The van der Waals surface area contributed by atoms with Gasteiger partial charge in [-0.3, -0.25) is 14.4 Å². The molecule has 0 unspecified atom stereocenters. The molecule has 0 heterocycles. The van der Waals surface area contributed by atoms with Crippen molar-refractivity contribution in [2.75, 3.05) is 17.7 Å². The summed E-state index contributed by atoms with van der Waals surface area (Å²) in [6, 6.07) is 10.4. The van der Waals surface area contributed by atoms with Crippen molar-refractivity contribution in [2.45, 2.75) is 19.5 Å². The Kier molecular flexibility index (Phi) is 7.72. The standard InChI is InChI=1S/C20H19F3N4O4/c1-12(10-17(28)24-15-5-3-4-13(11-15)20(21,22)23)26-27-19(30)18(29)25-14-6-8-16(31-2)9-7-14/h3-9,11H,10H2,1-2H3,(H,24,28)(H,25,29)(H,27,30)/b26-12-. The van der Waals surface area contributed by atoms with Crippen LogP contribution in [-0.2, 0) is 20.6 Å². The molecule has 0 bridgehead atoms. The average molecular weight is 436 g/mol. The SMILES string of the molecule is COc1ccc(NC(=O)C(=O)N/N=C(/C)CC(=O)Nc2cccc(C(F)(F)F)c2)cc1. The fourth-order valence-electron chi connectivity index (χ4n) is 2.31. The molecule has 2 rings (SSSR count). The van der Waals surface area contributed by atoms with E-state index < -0.39 is 29.5 Å². The van der Waals surface area contributed by atoms with E-state index in [4.69, 9.17) is 4.74 Å². The minimum absolute atomic E-state index is 0.0319. The molecule has 2 aromatic carbocycles. The summed E-state index contributed by atoms with van der Waals surface area (Å²) in [6.45, 7) is 1.41. The number of hydrazone groups is 1. The van der Waals surface area contributed by atoms with Crippen LogP contribution in [0.5, 0.6) is 5.75 Å². The molecule has 164 valence electrons. The number of amides is 3. The van der Waals surface area contributed by atoms with E-state index in [2.05, 4.69) is 15.7 Å². The van der Waals surface area contributed by atoms with Crippen LogP contribution in [0.1, 0.15) is 18.9 Å². The van der Waals surface area contributed by atoms with Gasteiger partial charge in [0.2, 0.25) is 5.91 Å². The minimum Gasteiger partial charge on any atom is -0.497 e. The molecular weight excluding hydrogens is 417 g/mol. The highest BCUT2D eigenvalue weighted by Gasteiger charge is 2.30. The van der Waals surface area contributed by atoms with E-state index in [-0.39, 0.29) is 17.8 Å². The Bertz CT molecular complexity index is 989. The Labute approximate surface area is 175 Å². The Morgan fingerprint density at radius 2 is 1.65 bits per heavy atom. The molecule has 2 aromatic rings. The molecule has 0 saturated heterocycles. The molecule has 0 atom stereocenters. The maximum atomic E-state index is 12.7. The highest BCUT2D eigenvalue weighted by atomic mass is 19.4. The van der Waals surface area contributed by atoms with Crippen molar-refractivity contribution < 1.29 is 32.3 Å². The number of carbonyl (C=O) groups excluding carboxylic acids is 3. The number of methoxy groups -OCH3 is 1. The first kappa shape index (κ1) is 23.4. The zero-order chi connectivity index (χ0) is 23.0. The van der Waals surface area contributed by atoms with Gasteiger partial charge >= 0.3 is 18.0 Å². The van der Waals surface area contributed by atoms with Crippen molar-refractivity contribution in [2.24, 2.45) is 5.10 Å². The van der Waals surface area contributed by atoms with Gasteiger partial charge in [-0.05, 0) is 49.4 Å². The third-order valence-electron chi connectivity index (χ3n) is 3.79. The second kappa shape index (κ2) is 10.2. The lowest BCUT2D eigenvalue weighted by atomic mass is 10.2. The summed E-state index contributed by atoms with van der Waals surface area (Å²) in [4.78, 5) is 35.7. The van der Waals surface area contributed by atoms with Gasteiger partial charge in [0.25, 0.3) is 0 Å². The van der Waals surface area contributed by atoms with Gasteiger partial charge in [0.1, 0.15) is 5.75 Å². The summed E-state index contributed by atoms with van der Waals surface area (Å²) < 4.78 is 43.1. The predicted molar refractivity (Wildman–Crippen MR) is 108 cm³/mol. The van der Waals surface area contributed by atoms with Gasteiger partial charge < -0.3 is 15.4 Å². The van der Waals surface area contributed by atoms with Crippen molar-refractivity contribution in [3.63, 3.8) is 0 Å². The summed E-state index contributed by atoms with van der Waals surface area (Å²) in [5.41, 5.74) is 1.57. The summed E-state index contributed by atoms with van der Waals surface area (Å²) >= 11 is 0. The minimum atomic E-state index is -4.53. The number of hydrogen-bond acceptors (Lipinski definition) is 5. The highest BCUT2D eigenvalue weighted by molar-refractivity contribution is 6.39. The van der Waals surface area contributed by atoms with Gasteiger partial charge in [-0.1, -0.05) is 6.07 Å². The number of hydrogen-bond donors (Lipinski definition) is 3. The largest absolute Gasteiger partial charge is 0.497 e. The van der Waals surface area contributed by atoms with E-state index in [0.29, 0.717) is 11.4 Å². The Balaban J connectivity index is 1.86. The number of anilines is 2. The fraction of sp³-hybridized carbons (Fsp3) is 0.200. The zero-order valence-electron chi connectivity index (χ0n) is 16.5. The van der Waals surface area contributed by atoms with Gasteiger partial charge in [-0.2, -0.15) is 18.3 Å². The molecule has 0 radical (unpaired) electrons. The lowest BCUT2D eigenvalue weighted by Gasteiger charge is -2.10. The van der Waals surface area contributed by atoms with Crippen LogP contribution in [0, 0.1) is 0 Å². The van der Waals surface area contributed by atoms with Crippen LogP contribution in [0.15, 0.2) is 53.6 Å². The topological polar surface area (TPSA) is 109 Å². The number of rotatable bonds is 6. The van der Waals surface area contributed by atoms with Gasteiger partial charge in [-0.25, -0.2) is 5.43 Å². The van der Waals surface area contributed by atoms with E-state index in [1.54, 1.807) is 12.1 Å². The smallest absolute Gasteiger partial charge is 0.416 e. The summed E-state index contributed by atoms with van der Waals surface area (Å²) in [7, 11) is 1.49. The normalized spacial score (nSPS) is 11.5. The molecule has 8 nitrogen and oxygen atoms in total. The van der Waals surface area contributed by atoms with Crippen LogP contribution < -0.4 is 20.8 Å². The first-order chi connectivity index (χ1) is 14.6. The Morgan fingerprint density at radius 1 is 0.968 bits per heavy atom. The van der Waals surface area contributed by atoms with Crippen molar-refractivity contribution in [1.82, 2.24) is 5.43 Å². The Hall–Kier alpha value is -3.89. The van der Waals surface area contributed by atoms with Gasteiger partial charge in [0.15, 0.2) is 0 Å². The van der Waals surface area contributed by atoms with Crippen LogP contribution in [0.3, 0.4) is 0 Å². The van der Waals surface area contributed by atoms with Gasteiger partial charge in [0.05, 0.1) is 19.1 Å². The van der Waals surface area contributed by atoms with Crippen LogP contribution >= 0.6 is 0 Å². The fourth-order valence-corrected chi connectivity index (χ4v) is 2.31. The lowest BCUT2D eigenvalue weighted by molar-refractivity contribution is -0.137. The van der Waals surface area contributed by atoms with Crippen molar-refractivity contribution in [1.29, 1.82) is 0 Å². The monoisotopic (exact) mass is 436 g/mol. The van der Waals surface area contributed by atoms with Gasteiger partial charge in [0, 0.05) is 17.1 Å². The first-order valence-electron chi connectivity index (χ1n) is 8.84. The summed E-state index contributed by atoms with van der Waals surface area (Å²) in [5, 5.41) is 8.32. The quantitative estimate of drug-likeness (QED) is 0.367. The molecule has 0 aliphatic carbocycles. The molecule has 3 amide bonds. The second-order valence-corrected chi connectivity index (χ2v) is 6.27. The third-order valence-corrected chi connectivity index (χ3v) is 3.79. The van der Waals surface area contributed by atoms with E-state index >= 15 is 0 Å². The second-order valence-electron chi connectivity index (χ2n) is 6.27. The number of carbonyl (C=O) groups is 3. The van der Waals surface area contributed by atoms with E-state index in [1.165, 1.54) is 38.3 Å². The third kappa shape index (κ3) is 7.46. The molecule has 11 heteroatoms. The molecular formula is C20H19F3N4O4. The molecule has 0 aliphatic rings. The molecule has 0 aromatic heterocycles. The van der Waals surface area contributed by atoms with E-state index in [1.807, 2.05) is 5.43 Å². The molecule has 0 fully saturated rings. The number of nitrogens with one attached hydrogen (secondary N) is 3. The maximum absolute atomic E-state index is 12.7. The summed E-state index contributed by atoms with van der Waals surface area (Å²) in [5.74, 6) is -2.10. The van der Waals surface area contributed by atoms with Crippen LogP contribution in [0.2, 0.25) is 0 Å². The zero-order valence-corrected chi connectivity index (χ0v) is 16.5. The molecule has 0 aliphatic heterocycles. The molecule has 0 spiro atoms. The predicted octanol–water partition coefficient (Wildman–Crippen LogP) is 3.17. The van der Waals surface area contributed by atoms with Crippen molar-refractivity contribution in [3.05, 3.63) is 54.1 Å². The van der Waals surface area contributed by atoms with Crippen LogP contribution in [0.4, 0.5) is 24.5 Å². The highest BCUT2D eigenvalue weighted by Crippen LogP contribution is 2.30. The first-order valence-corrected chi connectivity index (χ1v) is 8.84. The number of nitrogens with zero attached hydrogens (tertiary/aromatic N) is 1. The van der Waals surface area contributed by atoms with Gasteiger partial charge in [-0.15, -0.1) is 0 Å². The number of alkyl halides is 3. The average Bonchev–Trinajstić information content (AvgIpc) is 2.72.